The minimum absolute atomic E-state index is 0.175. The molecule has 1 aliphatic carbocycles. The summed E-state index contributed by atoms with van der Waals surface area (Å²) in [5.41, 5.74) is 2.23. The molecule has 1 aliphatic rings. The number of nitrogens with one attached hydrogen (secondary N) is 1. The van der Waals surface area contributed by atoms with Gasteiger partial charge in [0.05, 0.1) is 29.2 Å². The van der Waals surface area contributed by atoms with Crippen LogP contribution in [0.1, 0.15) is 45.1 Å². The highest BCUT2D eigenvalue weighted by molar-refractivity contribution is 5.62. The van der Waals surface area contributed by atoms with Crippen LogP contribution in [0.5, 0.6) is 0 Å². The molecular formula is C21H25FN4O. The molecule has 3 aromatic rings. The Morgan fingerprint density at radius 1 is 1.19 bits per heavy atom. The molecule has 3 aromatic heterocycles. The fourth-order valence-corrected chi connectivity index (χ4v) is 3.63. The van der Waals surface area contributed by atoms with Crippen molar-refractivity contribution < 1.29 is 9.50 Å². The van der Waals surface area contributed by atoms with Crippen molar-refractivity contribution in [2.24, 2.45) is 0 Å². The van der Waals surface area contributed by atoms with Crippen molar-refractivity contribution in [2.75, 3.05) is 5.32 Å². The number of halogens is 1. The highest BCUT2D eigenvalue weighted by Gasteiger charge is 2.25. The van der Waals surface area contributed by atoms with E-state index >= 15 is 0 Å². The topological polar surface area (TPSA) is 62.5 Å². The third kappa shape index (κ3) is 3.67. The fourth-order valence-electron chi connectivity index (χ4n) is 3.63. The first-order valence-corrected chi connectivity index (χ1v) is 9.50. The monoisotopic (exact) mass is 368 g/mol. The first kappa shape index (κ1) is 17.9. The van der Waals surface area contributed by atoms with Gasteiger partial charge >= 0.3 is 0 Å². The Morgan fingerprint density at radius 2 is 2.00 bits per heavy atom. The fraction of sp³-hybridized carbons (Fsp3) is 0.429. The number of aliphatic hydroxyl groups is 1. The van der Waals surface area contributed by atoms with Gasteiger partial charge in [0.1, 0.15) is 17.6 Å². The Labute approximate surface area is 158 Å². The summed E-state index contributed by atoms with van der Waals surface area (Å²) in [5.74, 6) is 0.677. The highest BCUT2D eigenvalue weighted by Crippen LogP contribution is 2.27. The van der Waals surface area contributed by atoms with Crippen LogP contribution < -0.4 is 5.32 Å². The van der Waals surface area contributed by atoms with Crippen LogP contribution in [0.3, 0.4) is 0 Å². The number of hydrogen-bond donors (Lipinski definition) is 2. The lowest BCUT2D eigenvalue weighted by Crippen LogP contribution is -2.33. The molecule has 0 bridgehead atoms. The van der Waals surface area contributed by atoms with Crippen LogP contribution in [0.4, 0.5) is 10.2 Å². The maximum Gasteiger partial charge on any atom is 0.137 e. The molecule has 142 valence electrons. The number of fused-ring (bicyclic) bond motifs is 1. The van der Waals surface area contributed by atoms with Gasteiger partial charge in [-0.25, -0.2) is 14.4 Å². The Kier molecular flexibility index (Phi) is 4.60. The molecule has 0 aromatic carbocycles. The summed E-state index contributed by atoms with van der Waals surface area (Å²) in [6, 6.07) is 9.29. The second-order valence-electron chi connectivity index (χ2n) is 7.81. The number of hydrogen-bond acceptors (Lipinski definition) is 4. The zero-order chi connectivity index (χ0) is 19.0. The zero-order valence-electron chi connectivity index (χ0n) is 15.7. The van der Waals surface area contributed by atoms with Gasteiger partial charge in [0.25, 0.3) is 0 Å². The standard InChI is InChI=1S/C21H25FN4O/c1-21(2,27)14-10-11-20-23-12-18(26(20)13-14)17-8-5-9-19(25-17)24-16-7-4-3-6-15(16)22/h5,8-13,15-16,27H,3-4,6-7H2,1-2H3,(H,24,25)/t15-,16-/m0/s1. The molecule has 0 radical (unpaired) electrons. The molecule has 27 heavy (non-hydrogen) atoms. The predicted octanol–water partition coefficient (Wildman–Crippen LogP) is 4.32. The van der Waals surface area contributed by atoms with E-state index in [1.54, 1.807) is 20.0 Å². The molecule has 1 saturated carbocycles. The van der Waals surface area contributed by atoms with Crippen LogP contribution in [0, 0.1) is 0 Å². The smallest absolute Gasteiger partial charge is 0.137 e. The van der Waals surface area contributed by atoms with Crippen molar-refractivity contribution in [3.8, 4) is 11.4 Å². The normalized spacial score (nSPS) is 20.7. The van der Waals surface area contributed by atoms with Gasteiger partial charge in [0, 0.05) is 6.20 Å². The van der Waals surface area contributed by atoms with Crippen molar-refractivity contribution in [3.63, 3.8) is 0 Å². The predicted molar refractivity (Wildman–Crippen MR) is 104 cm³/mol. The second kappa shape index (κ2) is 6.93. The molecule has 5 nitrogen and oxygen atoms in total. The van der Waals surface area contributed by atoms with Crippen molar-refractivity contribution in [1.29, 1.82) is 0 Å². The zero-order valence-corrected chi connectivity index (χ0v) is 15.7. The van der Waals surface area contributed by atoms with Crippen LogP contribution in [-0.2, 0) is 5.60 Å². The maximum absolute atomic E-state index is 14.1. The quantitative estimate of drug-likeness (QED) is 0.720. The molecular weight excluding hydrogens is 343 g/mol. The summed E-state index contributed by atoms with van der Waals surface area (Å²) in [6.45, 7) is 3.51. The van der Waals surface area contributed by atoms with Gasteiger partial charge in [0.15, 0.2) is 0 Å². The Hall–Kier alpha value is -2.47. The molecule has 0 spiro atoms. The maximum atomic E-state index is 14.1. The molecule has 0 unspecified atom stereocenters. The van der Waals surface area contributed by atoms with E-state index in [1.807, 2.05) is 40.9 Å². The summed E-state index contributed by atoms with van der Waals surface area (Å²) < 4.78 is 16.1. The van der Waals surface area contributed by atoms with Crippen LogP contribution in [-0.4, -0.2) is 31.7 Å². The van der Waals surface area contributed by atoms with Gasteiger partial charge in [-0.15, -0.1) is 0 Å². The lowest BCUT2D eigenvalue weighted by Gasteiger charge is -2.27. The molecule has 4 rings (SSSR count). The summed E-state index contributed by atoms with van der Waals surface area (Å²) in [7, 11) is 0. The first-order valence-electron chi connectivity index (χ1n) is 9.50. The molecule has 1 fully saturated rings. The van der Waals surface area contributed by atoms with Crippen LogP contribution in [0.25, 0.3) is 17.0 Å². The van der Waals surface area contributed by atoms with E-state index in [-0.39, 0.29) is 6.04 Å². The average Bonchev–Trinajstić information content (AvgIpc) is 3.06. The molecule has 2 N–H and O–H groups in total. The van der Waals surface area contributed by atoms with E-state index < -0.39 is 11.8 Å². The second-order valence-corrected chi connectivity index (χ2v) is 7.81. The number of nitrogens with zero attached hydrogens (tertiary/aromatic N) is 3. The van der Waals surface area contributed by atoms with E-state index in [9.17, 15) is 9.50 Å². The van der Waals surface area contributed by atoms with Crippen LogP contribution in [0.2, 0.25) is 0 Å². The molecule has 2 atom stereocenters. The van der Waals surface area contributed by atoms with E-state index in [2.05, 4.69) is 15.3 Å². The number of imidazole rings is 1. The third-order valence-electron chi connectivity index (χ3n) is 5.24. The van der Waals surface area contributed by atoms with Gasteiger partial charge in [-0.2, -0.15) is 0 Å². The lowest BCUT2D eigenvalue weighted by molar-refractivity contribution is 0.0781. The largest absolute Gasteiger partial charge is 0.386 e. The van der Waals surface area contributed by atoms with Crippen molar-refractivity contribution >= 4 is 11.5 Å². The van der Waals surface area contributed by atoms with Crippen molar-refractivity contribution in [1.82, 2.24) is 14.4 Å². The lowest BCUT2D eigenvalue weighted by atomic mass is 9.94. The number of pyridine rings is 2. The van der Waals surface area contributed by atoms with E-state index in [1.165, 1.54) is 0 Å². The average molecular weight is 368 g/mol. The Morgan fingerprint density at radius 3 is 2.78 bits per heavy atom. The molecule has 6 heteroatoms. The van der Waals surface area contributed by atoms with Gasteiger partial charge < -0.3 is 10.4 Å². The van der Waals surface area contributed by atoms with E-state index in [0.29, 0.717) is 12.2 Å². The molecule has 0 saturated heterocycles. The summed E-state index contributed by atoms with van der Waals surface area (Å²) in [5, 5.41) is 13.6. The van der Waals surface area contributed by atoms with Gasteiger partial charge in [-0.3, -0.25) is 4.40 Å². The van der Waals surface area contributed by atoms with Crippen molar-refractivity contribution in [2.45, 2.75) is 57.3 Å². The molecule has 3 heterocycles. The SMILES string of the molecule is CC(C)(O)c1ccc2ncc(-c3cccc(N[C@H]4CCCC[C@@H]4F)n3)n2c1. The van der Waals surface area contributed by atoms with Gasteiger partial charge in [0.2, 0.25) is 0 Å². The first-order chi connectivity index (χ1) is 12.9. The van der Waals surface area contributed by atoms with Crippen molar-refractivity contribution in [3.05, 3.63) is 48.3 Å². The van der Waals surface area contributed by atoms with Crippen LogP contribution in [0.15, 0.2) is 42.7 Å². The van der Waals surface area contributed by atoms with E-state index in [0.717, 1.165) is 41.9 Å². The van der Waals surface area contributed by atoms with Gasteiger partial charge in [-0.1, -0.05) is 25.0 Å². The minimum Gasteiger partial charge on any atom is -0.386 e. The molecule has 0 aliphatic heterocycles. The van der Waals surface area contributed by atoms with Crippen LogP contribution >= 0.6 is 0 Å². The highest BCUT2D eigenvalue weighted by atomic mass is 19.1. The van der Waals surface area contributed by atoms with Gasteiger partial charge in [-0.05, 0) is 50.5 Å². The summed E-state index contributed by atoms with van der Waals surface area (Å²) in [4.78, 5) is 9.12. The Bertz CT molecular complexity index is 947. The van der Waals surface area contributed by atoms with E-state index in [4.69, 9.17) is 0 Å². The number of alkyl halides is 1. The Balaban J connectivity index is 1.67. The third-order valence-corrected chi connectivity index (χ3v) is 5.24. The minimum atomic E-state index is -0.941. The number of rotatable bonds is 4. The number of aromatic nitrogens is 3. The summed E-state index contributed by atoms with van der Waals surface area (Å²) in [6.07, 6.45) is 6.28. The number of anilines is 1. The summed E-state index contributed by atoms with van der Waals surface area (Å²) >= 11 is 0. The molecule has 0 amide bonds.